The molecule has 0 spiro atoms. The fourth-order valence-corrected chi connectivity index (χ4v) is 4.80. The first kappa shape index (κ1) is 20.2. The van der Waals surface area contributed by atoms with E-state index in [4.69, 9.17) is 14.5 Å². The monoisotopic (exact) mass is 479 g/mol. The van der Waals surface area contributed by atoms with Gasteiger partial charge in [-0.05, 0) is 36.2 Å². The number of aliphatic hydroxyl groups excluding tert-OH is 1. The molecule has 0 radical (unpaired) electrons. The number of pyridine rings is 1. The number of halogens is 1. The van der Waals surface area contributed by atoms with Gasteiger partial charge in [-0.2, -0.15) is 0 Å². The molecule has 1 aliphatic rings. The quantitative estimate of drug-likeness (QED) is 0.440. The number of ether oxygens (including phenoxy) is 2. The van der Waals surface area contributed by atoms with E-state index in [1.54, 1.807) is 19.6 Å². The Morgan fingerprint density at radius 1 is 1.23 bits per heavy atom. The Labute approximate surface area is 188 Å². The standard InChI is InChI=1S/C24H22BrN3O3/c1-24(31-13-16(29)12-28-10-9-26-14-28)19-6-4-3-5-17(19)21-18-11-15(25)7-8-20(18)27-23(30-2)22(21)24/h3-11,14,16,29H,12-13H2,1-2H3. The third-order valence-electron chi connectivity index (χ3n) is 5.84. The maximum Gasteiger partial charge on any atom is 0.220 e. The van der Waals surface area contributed by atoms with Gasteiger partial charge in [0.1, 0.15) is 5.60 Å². The first-order valence-electron chi connectivity index (χ1n) is 10.1. The van der Waals surface area contributed by atoms with Crippen LogP contribution in [0, 0.1) is 0 Å². The minimum Gasteiger partial charge on any atom is -0.481 e. The Morgan fingerprint density at radius 2 is 2.06 bits per heavy atom. The summed E-state index contributed by atoms with van der Waals surface area (Å²) in [6.07, 6.45) is 4.51. The summed E-state index contributed by atoms with van der Waals surface area (Å²) >= 11 is 3.59. The lowest BCUT2D eigenvalue weighted by Gasteiger charge is -2.30. The third-order valence-corrected chi connectivity index (χ3v) is 6.33. The molecule has 0 saturated heterocycles. The highest BCUT2D eigenvalue weighted by Crippen LogP contribution is 2.54. The Bertz CT molecular complexity index is 1260. The summed E-state index contributed by atoms with van der Waals surface area (Å²) in [5.74, 6) is 0.535. The van der Waals surface area contributed by atoms with Crippen molar-refractivity contribution in [2.45, 2.75) is 25.2 Å². The van der Waals surface area contributed by atoms with Crippen LogP contribution in [0.4, 0.5) is 0 Å². The number of methoxy groups -OCH3 is 1. The second-order valence-electron chi connectivity index (χ2n) is 7.84. The summed E-state index contributed by atoms with van der Waals surface area (Å²) in [7, 11) is 1.63. The zero-order chi connectivity index (χ0) is 21.6. The topological polar surface area (TPSA) is 69.4 Å². The van der Waals surface area contributed by atoms with Gasteiger partial charge in [0.05, 0.1) is 43.8 Å². The van der Waals surface area contributed by atoms with Gasteiger partial charge in [-0.15, -0.1) is 0 Å². The van der Waals surface area contributed by atoms with E-state index in [1.165, 1.54) is 0 Å². The van der Waals surface area contributed by atoms with Crippen LogP contribution < -0.4 is 4.74 Å². The lowest BCUT2D eigenvalue weighted by molar-refractivity contribution is -0.0527. The first-order chi connectivity index (χ1) is 15.0. The largest absolute Gasteiger partial charge is 0.481 e. The average molecular weight is 480 g/mol. The second-order valence-corrected chi connectivity index (χ2v) is 8.75. The van der Waals surface area contributed by atoms with Crippen molar-refractivity contribution in [1.82, 2.24) is 14.5 Å². The van der Waals surface area contributed by atoms with Gasteiger partial charge in [0.2, 0.25) is 5.88 Å². The number of fused-ring (bicyclic) bond motifs is 5. The highest BCUT2D eigenvalue weighted by Gasteiger charge is 2.45. The van der Waals surface area contributed by atoms with Crippen molar-refractivity contribution in [3.63, 3.8) is 0 Å². The van der Waals surface area contributed by atoms with Crippen LogP contribution in [-0.2, 0) is 16.9 Å². The van der Waals surface area contributed by atoms with E-state index in [2.05, 4.69) is 39.1 Å². The zero-order valence-corrected chi connectivity index (χ0v) is 18.8. The summed E-state index contributed by atoms with van der Waals surface area (Å²) in [6, 6.07) is 14.2. The molecule has 2 aromatic carbocycles. The lowest BCUT2D eigenvalue weighted by Crippen LogP contribution is -2.31. The minimum absolute atomic E-state index is 0.155. The highest BCUT2D eigenvalue weighted by atomic mass is 79.9. The summed E-state index contributed by atoms with van der Waals surface area (Å²) in [6.45, 7) is 2.59. The Balaban J connectivity index is 1.62. The molecular formula is C24H22BrN3O3. The number of nitrogens with zero attached hydrogens (tertiary/aromatic N) is 3. The van der Waals surface area contributed by atoms with Crippen molar-refractivity contribution in [1.29, 1.82) is 0 Å². The van der Waals surface area contributed by atoms with Gasteiger partial charge in [-0.3, -0.25) is 0 Å². The third kappa shape index (κ3) is 3.33. The number of benzene rings is 2. The van der Waals surface area contributed by atoms with E-state index in [-0.39, 0.29) is 6.61 Å². The van der Waals surface area contributed by atoms with E-state index >= 15 is 0 Å². The molecule has 0 aliphatic heterocycles. The predicted molar refractivity (Wildman–Crippen MR) is 122 cm³/mol. The molecular weight excluding hydrogens is 458 g/mol. The summed E-state index contributed by atoms with van der Waals surface area (Å²) < 4.78 is 15.0. The molecule has 7 heteroatoms. The molecule has 2 atom stereocenters. The number of aliphatic hydroxyl groups is 1. The normalized spacial score (nSPS) is 18.1. The number of aromatic nitrogens is 3. The zero-order valence-electron chi connectivity index (χ0n) is 17.2. The molecule has 2 unspecified atom stereocenters. The number of rotatable bonds is 6. The van der Waals surface area contributed by atoms with Crippen molar-refractivity contribution >= 4 is 26.8 Å². The van der Waals surface area contributed by atoms with Crippen molar-refractivity contribution < 1.29 is 14.6 Å². The average Bonchev–Trinajstić information content (AvgIpc) is 3.37. The van der Waals surface area contributed by atoms with Crippen molar-refractivity contribution in [2.75, 3.05) is 13.7 Å². The van der Waals surface area contributed by atoms with Crippen LogP contribution in [0.3, 0.4) is 0 Å². The molecule has 0 amide bonds. The highest BCUT2D eigenvalue weighted by molar-refractivity contribution is 9.10. The van der Waals surface area contributed by atoms with Gasteiger partial charge in [-0.25, -0.2) is 9.97 Å². The van der Waals surface area contributed by atoms with Gasteiger partial charge in [0.15, 0.2) is 0 Å². The molecule has 31 heavy (non-hydrogen) atoms. The molecule has 1 N–H and O–H groups in total. The van der Waals surface area contributed by atoms with Gasteiger partial charge in [0.25, 0.3) is 0 Å². The fourth-order valence-electron chi connectivity index (χ4n) is 4.44. The number of hydrogen-bond acceptors (Lipinski definition) is 5. The Hall–Kier alpha value is -2.74. The Morgan fingerprint density at radius 3 is 2.84 bits per heavy atom. The molecule has 158 valence electrons. The molecule has 2 aromatic heterocycles. The van der Waals surface area contributed by atoms with Crippen molar-refractivity contribution in [3.8, 4) is 17.0 Å². The lowest BCUT2D eigenvalue weighted by atomic mass is 9.93. The molecule has 0 saturated carbocycles. The second kappa shape index (κ2) is 7.75. The Kier molecular flexibility index (Phi) is 5.04. The summed E-state index contributed by atoms with van der Waals surface area (Å²) in [5.41, 5.74) is 4.12. The van der Waals surface area contributed by atoms with Crippen LogP contribution in [0.25, 0.3) is 22.0 Å². The number of hydrogen-bond donors (Lipinski definition) is 1. The van der Waals surface area contributed by atoms with Gasteiger partial charge in [0, 0.05) is 27.8 Å². The predicted octanol–water partition coefficient (Wildman–Crippen LogP) is 4.52. The van der Waals surface area contributed by atoms with E-state index in [9.17, 15) is 5.11 Å². The van der Waals surface area contributed by atoms with Crippen LogP contribution in [-0.4, -0.2) is 39.5 Å². The van der Waals surface area contributed by atoms with E-state index < -0.39 is 11.7 Å². The van der Waals surface area contributed by atoms with Gasteiger partial charge < -0.3 is 19.1 Å². The maximum atomic E-state index is 10.6. The smallest absolute Gasteiger partial charge is 0.220 e. The van der Waals surface area contributed by atoms with Crippen molar-refractivity contribution in [3.05, 3.63) is 76.8 Å². The SMILES string of the molecule is COc1nc2ccc(Br)cc2c2c1C(C)(OCC(O)Cn1ccnc1)c1ccccc1-2. The van der Waals surface area contributed by atoms with Crippen LogP contribution in [0.15, 0.2) is 65.7 Å². The van der Waals surface area contributed by atoms with Gasteiger partial charge >= 0.3 is 0 Å². The molecule has 5 rings (SSSR count). The van der Waals surface area contributed by atoms with E-state index in [0.717, 1.165) is 37.6 Å². The van der Waals surface area contributed by atoms with Crippen LogP contribution in [0.5, 0.6) is 5.88 Å². The molecule has 4 aromatic rings. The molecule has 0 fully saturated rings. The van der Waals surface area contributed by atoms with Gasteiger partial charge in [-0.1, -0.05) is 40.2 Å². The van der Waals surface area contributed by atoms with E-state index in [0.29, 0.717) is 12.4 Å². The molecule has 1 aliphatic carbocycles. The fraction of sp³-hybridized carbons (Fsp3) is 0.250. The summed E-state index contributed by atoms with van der Waals surface area (Å²) in [4.78, 5) is 8.80. The molecule has 2 heterocycles. The first-order valence-corrected chi connectivity index (χ1v) is 10.9. The van der Waals surface area contributed by atoms with E-state index in [1.807, 2.05) is 42.0 Å². The van der Waals surface area contributed by atoms with Crippen LogP contribution in [0.1, 0.15) is 18.1 Å². The van der Waals surface area contributed by atoms with Crippen LogP contribution >= 0.6 is 15.9 Å². The van der Waals surface area contributed by atoms with Crippen LogP contribution in [0.2, 0.25) is 0 Å². The molecule has 0 bridgehead atoms. The summed E-state index contributed by atoms with van der Waals surface area (Å²) in [5, 5.41) is 11.6. The molecule has 6 nitrogen and oxygen atoms in total. The maximum absolute atomic E-state index is 10.6. The minimum atomic E-state index is -0.809. The number of imidazole rings is 1. The van der Waals surface area contributed by atoms with Crippen molar-refractivity contribution in [2.24, 2.45) is 0 Å².